The average molecular weight is 227 g/mol. The summed E-state index contributed by atoms with van der Waals surface area (Å²) in [5, 5.41) is 0. The van der Waals surface area contributed by atoms with Crippen molar-refractivity contribution in [3.8, 4) is 0 Å². The van der Waals surface area contributed by atoms with Crippen molar-refractivity contribution in [2.75, 3.05) is 30.1 Å². The molecule has 13 heavy (non-hydrogen) atoms. The molecule has 0 bridgehead atoms. The van der Waals surface area contributed by atoms with Gasteiger partial charge >= 0.3 is 0 Å². The lowest BCUT2D eigenvalue weighted by atomic mass is 10.3. The van der Waals surface area contributed by atoms with E-state index in [0.29, 0.717) is 12.3 Å². The van der Waals surface area contributed by atoms with Crippen LogP contribution in [-0.4, -0.2) is 42.7 Å². The summed E-state index contributed by atoms with van der Waals surface area (Å²) in [7, 11) is -3.97. The Hall–Kier alpha value is 0.0600. The fraction of sp³-hybridized carbons (Fsp3) is 1.00. The second-order valence-corrected chi connectivity index (χ2v) is 6.93. The van der Waals surface area contributed by atoms with Crippen LogP contribution in [0.4, 0.5) is 0 Å². The Morgan fingerprint density at radius 2 is 1.85 bits per heavy atom. The third-order valence-corrected chi connectivity index (χ3v) is 4.12. The summed E-state index contributed by atoms with van der Waals surface area (Å²) >= 11 is 0. The Balaban J connectivity index is 3.53. The van der Waals surface area contributed by atoms with Gasteiger partial charge in [-0.15, -0.1) is 0 Å². The Labute approximate surface area is 82.3 Å². The van der Waals surface area contributed by atoms with E-state index >= 15 is 0 Å². The first-order chi connectivity index (χ1) is 5.95. The monoisotopic (exact) mass is 227 g/mol. The fourth-order valence-electron chi connectivity index (χ4n) is 0.754. The number of nitrogens with two attached hydrogens (primary N) is 1. The van der Waals surface area contributed by atoms with Gasteiger partial charge in [0.2, 0.25) is 0 Å². The van der Waals surface area contributed by atoms with Gasteiger partial charge in [0.25, 0.3) is 0 Å². The molecule has 0 aromatic rings. The van der Waals surface area contributed by atoms with Crippen LogP contribution in [0.25, 0.3) is 0 Å². The maximum absolute atomic E-state index is 11.2. The summed E-state index contributed by atoms with van der Waals surface area (Å²) in [4.78, 5) is 0. The second-order valence-electron chi connectivity index (χ2n) is 2.97. The molecule has 1 atom stereocenters. The van der Waals surface area contributed by atoms with Crippen LogP contribution >= 0.6 is 0 Å². The van der Waals surface area contributed by atoms with Crippen LogP contribution in [0.15, 0.2) is 0 Å². The summed E-state index contributed by atoms with van der Waals surface area (Å²) < 4.78 is 32.6. The van der Waals surface area contributed by atoms with Gasteiger partial charge in [-0.1, -0.05) is 0 Å². The normalized spacial score (nSPS) is 14.3. The van der Waals surface area contributed by atoms with Crippen LogP contribution in [-0.2, 0) is 20.6 Å². The van der Waals surface area contributed by atoms with Gasteiger partial charge in [-0.3, -0.25) is 4.21 Å². The topological polar surface area (TPSA) is 77.2 Å². The second kappa shape index (κ2) is 6.50. The summed E-state index contributed by atoms with van der Waals surface area (Å²) in [5.41, 5.74) is 5.26. The number of sulfone groups is 1. The maximum atomic E-state index is 11.2. The lowest BCUT2D eigenvalue weighted by Gasteiger charge is -2.00. The van der Waals surface area contributed by atoms with Crippen LogP contribution in [0.3, 0.4) is 0 Å². The van der Waals surface area contributed by atoms with Gasteiger partial charge in [-0.2, -0.15) is 0 Å². The predicted molar refractivity (Wildman–Crippen MR) is 55.9 cm³/mol. The van der Waals surface area contributed by atoms with Crippen molar-refractivity contribution in [1.82, 2.24) is 0 Å². The van der Waals surface area contributed by atoms with E-state index in [2.05, 4.69) is 0 Å². The smallest absolute Gasteiger partial charge is 0.148 e. The van der Waals surface area contributed by atoms with E-state index in [1.165, 1.54) is 0 Å². The first-order valence-electron chi connectivity index (χ1n) is 4.18. The van der Waals surface area contributed by atoms with Crippen LogP contribution in [0, 0.1) is 0 Å². The van der Waals surface area contributed by atoms with E-state index in [1.54, 1.807) is 0 Å². The van der Waals surface area contributed by atoms with E-state index in [0.717, 1.165) is 19.1 Å². The molecule has 80 valence electrons. The molecule has 2 N–H and O–H groups in total. The van der Waals surface area contributed by atoms with Crippen molar-refractivity contribution in [2.24, 2.45) is 5.73 Å². The third kappa shape index (κ3) is 9.98. The van der Waals surface area contributed by atoms with Crippen molar-refractivity contribution >= 4 is 20.6 Å². The highest BCUT2D eigenvalue weighted by Gasteiger charge is 2.05. The van der Waals surface area contributed by atoms with Gasteiger partial charge in [0.05, 0.1) is 5.75 Å². The van der Waals surface area contributed by atoms with Gasteiger partial charge in [0.15, 0.2) is 0 Å². The highest BCUT2D eigenvalue weighted by molar-refractivity contribution is 7.92. The molecule has 4 nitrogen and oxygen atoms in total. The van der Waals surface area contributed by atoms with Gasteiger partial charge in [0, 0.05) is 28.6 Å². The van der Waals surface area contributed by atoms with E-state index in [4.69, 9.17) is 5.73 Å². The minimum Gasteiger partial charge on any atom is -0.330 e. The van der Waals surface area contributed by atoms with E-state index in [1.807, 2.05) is 0 Å². The minimum atomic E-state index is -2.97. The SMILES string of the molecule is CS(=O)(=O)CCS(=O)CCCCN. The van der Waals surface area contributed by atoms with Crippen molar-refractivity contribution in [3.05, 3.63) is 0 Å². The zero-order valence-corrected chi connectivity index (χ0v) is 9.49. The van der Waals surface area contributed by atoms with E-state index < -0.39 is 20.6 Å². The molecule has 0 saturated heterocycles. The number of hydrogen-bond acceptors (Lipinski definition) is 4. The number of rotatable bonds is 7. The van der Waals surface area contributed by atoms with Gasteiger partial charge in [0.1, 0.15) is 9.84 Å². The zero-order chi connectivity index (χ0) is 10.3. The first kappa shape index (κ1) is 13.1. The average Bonchev–Trinajstić information content (AvgIpc) is 2.00. The van der Waals surface area contributed by atoms with Crippen molar-refractivity contribution < 1.29 is 12.6 Å². The van der Waals surface area contributed by atoms with E-state index in [-0.39, 0.29) is 11.5 Å². The molecule has 0 amide bonds. The molecule has 0 heterocycles. The summed E-state index contributed by atoms with van der Waals surface area (Å²) in [6, 6.07) is 0. The number of hydrogen-bond donors (Lipinski definition) is 1. The quantitative estimate of drug-likeness (QED) is 0.596. The summed E-state index contributed by atoms with van der Waals surface area (Å²) in [5.74, 6) is 0.832. The first-order valence-corrected chi connectivity index (χ1v) is 7.73. The third-order valence-electron chi connectivity index (χ3n) is 1.51. The summed E-state index contributed by atoms with van der Waals surface area (Å²) in [6.45, 7) is 0.600. The van der Waals surface area contributed by atoms with Crippen LogP contribution < -0.4 is 5.73 Å². The lowest BCUT2D eigenvalue weighted by molar-refractivity contribution is 0.602. The van der Waals surface area contributed by atoms with Crippen LogP contribution in [0.1, 0.15) is 12.8 Å². The van der Waals surface area contributed by atoms with Gasteiger partial charge in [-0.25, -0.2) is 8.42 Å². The van der Waals surface area contributed by atoms with Crippen LogP contribution in [0.2, 0.25) is 0 Å². The molecule has 0 aliphatic rings. The number of unbranched alkanes of at least 4 members (excludes halogenated alkanes) is 1. The molecule has 0 fully saturated rings. The Morgan fingerprint density at radius 1 is 1.23 bits per heavy atom. The minimum absolute atomic E-state index is 0.0161. The standard InChI is InChI=1S/C7H17NO3S2/c1-13(10,11)7-6-12(9)5-3-2-4-8/h2-8H2,1H3. The Kier molecular flexibility index (Phi) is 6.53. The molecule has 0 aromatic heterocycles. The zero-order valence-electron chi connectivity index (χ0n) is 7.86. The molecule has 6 heteroatoms. The van der Waals surface area contributed by atoms with E-state index in [9.17, 15) is 12.6 Å². The molecule has 0 radical (unpaired) electrons. The highest BCUT2D eigenvalue weighted by Crippen LogP contribution is 1.93. The molecule has 1 unspecified atom stereocenters. The highest BCUT2D eigenvalue weighted by atomic mass is 32.2. The lowest BCUT2D eigenvalue weighted by Crippen LogP contribution is -2.14. The Bertz CT molecular complexity index is 248. The molecule has 0 rings (SSSR count). The van der Waals surface area contributed by atoms with Gasteiger partial charge in [-0.05, 0) is 19.4 Å². The van der Waals surface area contributed by atoms with Crippen molar-refractivity contribution in [1.29, 1.82) is 0 Å². The molecule has 0 aromatic carbocycles. The Morgan fingerprint density at radius 3 is 2.31 bits per heavy atom. The largest absolute Gasteiger partial charge is 0.330 e. The predicted octanol–water partition coefficient (Wildman–Crippen LogP) is -0.481. The molecular formula is C7H17NO3S2. The van der Waals surface area contributed by atoms with Crippen molar-refractivity contribution in [3.63, 3.8) is 0 Å². The summed E-state index contributed by atoms with van der Waals surface area (Å²) in [6.07, 6.45) is 2.82. The van der Waals surface area contributed by atoms with Gasteiger partial charge < -0.3 is 5.73 Å². The fourth-order valence-corrected chi connectivity index (χ4v) is 3.44. The molecular weight excluding hydrogens is 210 g/mol. The molecule has 0 saturated carbocycles. The maximum Gasteiger partial charge on any atom is 0.148 e. The van der Waals surface area contributed by atoms with Crippen LogP contribution in [0.5, 0.6) is 0 Å². The van der Waals surface area contributed by atoms with Crippen molar-refractivity contribution in [2.45, 2.75) is 12.8 Å². The molecule has 0 spiro atoms. The molecule has 0 aliphatic carbocycles. The molecule has 0 aliphatic heterocycles.